The highest BCUT2D eigenvalue weighted by Gasteiger charge is 2.29. The number of nitrogens with two attached hydrogens (primary N) is 1. The zero-order valence-electron chi connectivity index (χ0n) is 18.3. The summed E-state index contributed by atoms with van der Waals surface area (Å²) in [6.07, 6.45) is 9.16. The fourth-order valence-electron chi connectivity index (χ4n) is 4.20. The molecule has 0 aromatic heterocycles. The maximum atomic E-state index is 12.1. The molecule has 0 heterocycles. The number of rotatable bonds is 13. The van der Waals surface area contributed by atoms with Crippen LogP contribution in [0.5, 0.6) is 0 Å². The first-order valence-corrected chi connectivity index (χ1v) is 11.2. The highest BCUT2D eigenvalue weighted by Crippen LogP contribution is 2.28. The van der Waals surface area contributed by atoms with Crippen LogP contribution in [0.2, 0.25) is 0 Å². The summed E-state index contributed by atoms with van der Waals surface area (Å²) >= 11 is 0. The Kier molecular flexibility index (Phi) is 11.7. The van der Waals surface area contributed by atoms with Crippen LogP contribution in [0.4, 0.5) is 0 Å². The molecule has 0 aliphatic heterocycles. The van der Waals surface area contributed by atoms with E-state index in [2.05, 4.69) is 38.3 Å². The van der Waals surface area contributed by atoms with Crippen LogP contribution in [0.15, 0.2) is 0 Å². The van der Waals surface area contributed by atoms with Crippen molar-refractivity contribution in [1.82, 2.24) is 10.6 Å². The van der Waals surface area contributed by atoms with E-state index >= 15 is 0 Å². The average Bonchev–Trinajstić information content (AvgIpc) is 2.65. The lowest BCUT2D eigenvalue weighted by Gasteiger charge is -2.35. The lowest BCUT2D eigenvalue weighted by atomic mass is 9.84. The maximum Gasteiger partial charge on any atom is 0.146 e. The van der Waals surface area contributed by atoms with Crippen LogP contribution in [0, 0.1) is 17.8 Å². The number of aliphatic hydroxyl groups is 1. The van der Waals surface area contributed by atoms with Crippen molar-refractivity contribution < 1.29 is 9.90 Å². The van der Waals surface area contributed by atoms with Gasteiger partial charge in [0.05, 0.1) is 12.2 Å². The number of carbonyl (C=O) groups excluding carboxylic acids is 1. The van der Waals surface area contributed by atoms with E-state index in [9.17, 15) is 9.90 Å². The maximum absolute atomic E-state index is 12.1. The lowest BCUT2D eigenvalue weighted by Crippen LogP contribution is -2.61. The molecule has 0 spiro atoms. The molecule has 6 atom stereocenters. The number of hydrogen-bond donors (Lipinski definition) is 4. The molecule has 1 rings (SSSR count). The topological polar surface area (TPSA) is 87.4 Å². The van der Waals surface area contributed by atoms with Gasteiger partial charge in [0.25, 0.3) is 0 Å². The van der Waals surface area contributed by atoms with Crippen LogP contribution in [0.25, 0.3) is 0 Å². The van der Waals surface area contributed by atoms with E-state index in [1.165, 1.54) is 32.1 Å². The quantitative estimate of drug-likeness (QED) is 0.365. The molecule has 0 radical (unpaired) electrons. The monoisotopic (exact) mass is 383 g/mol. The predicted molar refractivity (Wildman–Crippen MR) is 113 cm³/mol. The molecule has 0 aromatic rings. The summed E-state index contributed by atoms with van der Waals surface area (Å²) in [7, 11) is 0. The first-order chi connectivity index (χ1) is 12.8. The summed E-state index contributed by atoms with van der Waals surface area (Å²) in [4.78, 5) is 12.1. The van der Waals surface area contributed by atoms with Gasteiger partial charge in [-0.1, -0.05) is 72.6 Å². The van der Waals surface area contributed by atoms with Gasteiger partial charge in [-0.2, -0.15) is 0 Å². The highest BCUT2D eigenvalue weighted by molar-refractivity contribution is 5.81. The number of carbonyl (C=O) groups is 1. The van der Waals surface area contributed by atoms with Crippen molar-refractivity contribution in [3.8, 4) is 0 Å². The van der Waals surface area contributed by atoms with Gasteiger partial charge in [0.1, 0.15) is 12.0 Å². The van der Waals surface area contributed by atoms with E-state index in [0.717, 1.165) is 25.7 Å². The van der Waals surface area contributed by atoms with E-state index < -0.39 is 6.23 Å². The second-order valence-electron chi connectivity index (χ2n) is 8.94. The molecule has 0 saturated heterocycles. The van der Waals surface area contributed by atoms with E-state index in [-0.39, 0.29) is 30.0 Å². The number of aliphatic hydroxyl groups excluding tert-OH is 1. The first-order valence-electron chi connectivity index (χ1n) is 11.2. The molecule has 0 aromatic carbocycles. The normalized spacial score (nSPS) is 22.6. The molecule has 1 saturated carbocycles. The Hall–Kier alpha value is -0.490. The second-order valence-corrected chi connectivity index (χ2v) is 8.94. The first kappa shape index (κ1) is 24.5. The lowest BCUT2D eigenvalue weighted by molar-refractivity contribution is -0.120. The summed E-state index contributed by atoms with van der Waals surface area (Å²) in [6.45, 7) is 10.1. The highest BCUT2D eigenvalue weighted by atomic mass is 16.3. The fourth-order valence-corrected chi connectivity index (χ4v) is 4.20. The third-order valence-corrected chi connectivity index (χ3v) is 6.50. The largest absolute Gasteiger partial charge is 0.379 e. The summed E-state index contributed by atoms with van der Waals surface area (Å²) in [5, 5.41) is 17.3. The van der Waals surface area contributed by atoms with Crippen molar-refractivity contribution in [1.29, 1.82) is 0 Å². The zero-order valence-corrected chi connectivity index (χ0v) is 18.3. The number of Topliss-reactive ketones (excluding diaryl/α,β-unsaturated/α-hetero) is 1. The molecule has 6 unspecified atom stereocenters. The standard InChI is InChI=1S/C22H45N3O2/c1-6-15(3)13-20(27)24-19(14-18-11-9-8-10-12-18)22(23)25-21(17(5)26)16(4)7-2/h15-16,18-22,24-25,27H,6-14,23H2,1-5H3. The minimum absolute atomic E-state index is 0.0296. The third kappa shape index (κ3) is 9.03. The Morgan fingerprint density at radius 3 is 2.26 bits per heavy atom. The molecule has 5 N–H and O–H groups in total. The van der Waals surface area contributed by atoms with Gasteiger partial charge in [-0.25, -0.2) is 0 Å². The molecule has 5 heteroatoms. The Morgan fingerprint density at radius 2 is 1.74 bits per heavy atom. The van der Waals surface area contributed by atoms with E-state index in [1.807, 2.05) is 0 Å². The van der Waals surface area contributed by atoms with Crippen LogP contribution in [0.3, 0.4) is 0 Å². The van der Waals surface area contributed by atoms with Gasteiger partial charge in [-0.3, -0.25) is 15.4 Å². The summed E-state index contributed by atoms with van der Waals surface area (Å²) in [5.41, 5.74) is 6.54. The Labute approximate surface area is 167 Å². The molecule has 1 aliphatic rings. The van der Waals surface area contributed by atoms with Gasteiger partial charge in [-0.05, 0) is 37.5 Å². The van der Waals surface area contributed by atoms with Crippen molar-refractivity contribution in [3.05, 3.63) is 0 Å². The van der Waals surface area contributed by atoms with E-state index in [0.29, 0.717) is 11.8 Å². The molecular weight excluding hydrogens is 338 g/mol. The predicted octanol–water partition coefficient (Wildman–Crippen LogP) is 3.55. The fraction of sp³-hybridized carbons (Fsp3) is 0.955. The summed E-state index contributed by atoms with van der Waals surface area (Å²) in [6, 6.07) is -0.259. The van der Waals surface area contributed by atoms with Crippen LogP contribution in [-0.2, 0) is 4.79 Å². The van der Waals surface area contributed by atoms with Gasteiger partial charge in [0.15, 0.2) is 0 Å². The average molecular weight is 384 g/mol. The van der Waals surface area contributed by atoms with E-state index in [4.69, 9.17) is 5.73 Å². The molecule has 1 aliphatic carbocycles. The van der Waals surface area contributed by atoms with Crippen LogP contribution < -0.4 is 16.4 Å². The molecular formula is C22H45N3O2. The van der Waals surface area contributed by atoms with Gasteiger partial charge in [-0.15, -0.1) is 0 Å². The Morgan fingerprint density at radius 1 is 1.11 bits per heavy atom. The summed E-state index contributed by atoms with van der Waals surface area (Å²) in [5.74, 6) is 1.50. The zero-order chi connectivity index (χ0) is 20.4. The van der Waals surface area contributed by atoms with Crippen molar-refractivity contribution in [3.63, 3.8) is 0 Å². The summed E-state index contributed by atoms with van der Waals surface area (Å²) < 4.78 is 0. The molecule has 0 amide bonds. The van der Waals surface area contributed by atoms with Crippen LogP contribution >= 0.6 is 0 Å². The molecule has 27 heavy (non-hydrogen) atoms. The van der Waals surface area contributed by atoms with Crippen molar-refractivity contribution in [2.75, 3.05) is 0 Å². The SMILES string of the molecule is CCC(C)CC(O)NC(CC1CCCCC1)C(N)NC(C(C)=O)C(C)CC. The third-order valence-electron chi connectivity index (χ3n) is 6.50. The van der Waals surface area contributed by atoms with E-state index in [1.54, 1.807) is 6.92 Å². The second kappa shape index (κ2) is 12.9. The molecule has 1 fully saturated rings. The molecule has 160 valence electrons. The van der Waals surface area contributed by atoms with Gasteiger partial charge in [0, 0.05) is 6.04 Å². The minimum atomic E-state index is -0.555. The van der Waals surface area contributed by atoms with Gasteiger partial charge in [0.2, 0.25) is 0 Å². The van der Waals surface area contributed by atoms with Crippen LogP contribution in [0.1, 0.15) is 92.4 Å². The van der Waals surface area contributed by atoms with Crippen molar-refractivity contribution >= 4 is 5.78 Å². The van der Waals surface area contributed by atoms with Crippen LogP contribution in [-0.4, -0.2) is 35.4 Å². The molecule has 0 bridgehead atoms. The smallest absolute Gasteiger partial charge is 0.146 e. The van der Waals surface area contributed by atoms with Gasteiger partial charge >= 0.3 is 0 Å². The number of hydrogen-bond acceptors (Lipinski definition) is 5. The van der Waals surface area contributed by atoms with Gasteiger partial charge < -0.3 is 10.8 Å². The molecule has 5 nitrogen and oxygen atoms in total. The van der Waals surface area contributed by atoms with Crippen molar-refractivity contribution in [2.45, 2.75) is 117 Å². The Balaban J connectivity index is 2.78. The Bertz CT molecular complexity index is 412. The number of nitrogens with one attached hydrogen (secondary N) is 2. The van der Waals surface area contributed by atoms with Crippen molar-refractivity contribution in [2.24, 2.45) is 23.5 Å². The minimum Gasteiger partial charge on any atom is -0.379 e. The number of ketones is 1.